The maximum atomic E-state index is 12.9. The van der Waals surface area contributed by atoms with Gasteiger partial charge in [-0.1, -0.05) is 48.3 Å². The molecule has 0 atom stereocenters. The Bertz CT molecular complexity index is 918. The molecule has 0 spiro atoms. The van der Waals surface area contributed by atoms with E-state index >= 15 is 0 Å². The zero-order valence-corrected chi connectivity index (χ0v) is 14.9. The number of para-hydroxylation sites is 1. The highest BCUT2D eigenvalue weighted by Crippen LogP contribution is 2.26. The normalized spacial score (nSPS) is 10.8. The maximum absolute atomic E-state index is 12.9. The van der Waals surface area contributed by atoms with Crippen molar-refractivity contribution in [2.75, 3.05) is 5.32 Å². The summed E-state index contributed by atoms with van der Waals surface area (Å²) in [7, 11) is 0. The molecule has 0 saturated carbocycles. The van der Waals surface area contributed by atoms with Crippen LogP contribution in [0.25, 0.3) is 10.9 Å². The summed E-state index contributed by atoms with van der Waals surface area (Å²) in [6, 6.07) is 12.6. The fourth-order valence-corrected chi connectivity index (χ4v) is 3.34. The molecule has 3 rings (SSSR count). The molecule has 0 fully saturated rings. The van der Waals surface area contributed by atoms with Gasteiger partial charge in [-0.05, 0) is 43.2 Å². The number of hydrogen-bond acceptors (Lipinski definition) is 2. The summed E-state index contributed by atoms with van der Waals surface area (Å²) in [5.41, 5.74) is 3.82. The largest absolute Gasteiger partial charge is 0.322 e. The second-order valence-corrected chi connectivity index (χ2v) is 6.41. The van der Waals surface area contributed by atoms with Crippen molar-refractivity contribution in [1.82, 2.24) is 4.98 Å². The van der Waals surface area contributed by atoms with E-state index in [0.717, 1.165) is 28.6 Å². The molecule has 2 aromatic carbocycles. The number of hydrogen-bond donors (Lipinski definition) is 1. The van der Waals surface area contributed by atoms with Crippen molar-refractivity contribution < 1.29 is 4.79 Å². The Morgan fingerprint density at radius 3 is 2.46 bits per heavy atom. The van der Waals surface area contributed by atoms with Gasteiger partial charge in [0.1, 0.15) is 0 Å². The third-order valence-electron chi connectivity index (χ3n) is 3.92. The van der Waals surface area contributed by atoms with E-state index < -0.39 is 0 Å². The number of aryl methyl sites for hydroxylation is 1. The monoisotopic (exact) mass is 358 g/mol. The van der Waals surface area contributed by atoms with Crippen molar-refractivity contribution >= 4 is 45.7 Å². The van der Waals surface area contributed by atoms with E-state index in [-0.39, 0.29) is 5.91 Å². The molecule has 1 N–H and O–H groups in total. The number of benzene rings is 2. The van der Waals surface area contributed by atoms with Gasteiger partial charge in [-0.2, -0.15) is 0 Å². The van der Waals surface area contributed by atoms with Crippen LogP contribution in [0.5, 0.6) is 0 Å². The number of carbonyl (C=O) groups is 1. The molecule has 24 heavy (non-hydrogen) atoms. The average Bonchev–Trinajstić information content (AvgIpc) is 2.53. The number of nitrogens with zero attached hydrogens (tertiary/aromatic N) is 1. The number of anilines is 1. The van der Waals surface area contributed by atoms with Crippen LogP contribution in [0.1, 0.15) is 28.5 Å². The number of halogens is 2. The fourth-order valence-electron chi connectivity index (χ4n) is 2.81. The van der Waals surface area contributed by atoms with Crippen molar-refractivity contribution in [3.05, 3.63) is 69.3 Å². The minimum atomic E-state index is -0.195. The summed E-state index contributed by atoms with van der Waals surface area (Å²) in [4.78, 5) is 17.6. The molecule has 0 aliphatic rings. The van der Waals surface area contributed by atoms with E-state index in [4.69, 9.17) is 23.2 Å². The first-order valence-electron chi connectivity index (χ1n) is 7.65. The Morgan fingerprint density at radius 2 is 1.79 bits per heavy atom. The van der Waals surface area contributed by atoms with E-state index in [2.05, 4.69) is 10.3 Å². The van der Waals surface area contributed by atoms with Crippen molar-refractivity contribution in [3.63, 3.8) is 0 Å². The molecule has 1 amide bonds. The summed E-state index contributed by atoms with van der Waals surface area (Å²) < 4.78 is 0. The molecular formula is C19H16Cl2N2O. The van der Waals surface area contributed by atoms with Gasteiger partial charge < -0.3 is 5.32 Å². The number of nitrogens with one attached hydrogen (secondary N) is 1. The molecule has 0 radical (unpaired) electrons. The Hall–Kier alpha value is -2.10. The number of aromatic nitrogens is 1. The topological polar surface area (TPSA) is 42.0 Å². The fraction of sp³-hybridized carbons (Fsp3) is 0.158. The third-order valence-corrected chi connectivity index (χ3v) is 4.36. The van der Waals surface area contributed by atoms with Crippen LogP contribution in [0.4, 0.5) is 5.69 Å². The standard InChI is InChI=1S/C19H16Cl2N2O/c1-3-16-11(2)18(15-6-4-5-7-17(15)23-16)19(24)22-14-9-12(20)8-13(21)10-14/h4-10H,3H2,1-2H3,(H,22,24). The summed E-state index contributed by atoms with van der Waals surface area (Å²) in [5, 5.41) is 4.67. The number of fused-ring (bicyclic) bond motifs is 1. The predicted octanol–water partition coefficient (Wildman–Crippen LogP) is 5.66. The van der Waals surface area contributed by atoms with E-state index in [1.807, 2.05) is 38.1 Å². The van der Waals surface area contributed by atoms with Crippen molar-refractivity contribution in [3.8, 4) is 0 Å². The molecule has 0 aliphatic heterocycles. The Balaban J connectivity index is 2.10. The molecule has 0 unspecified atom stereocenters. The highest BCUT2D eigenvalue weighted by molar-refractivity contribution is 6.35. The van der Waals surface area contributed by atoms with Gasteiger partial charge in [0.2, 0.25) is 0 Å². The summed E-state index contributed by atoms with van der Waals surface area (Å²) >= 11 is 12.0. The summed E-state index contributed by atoms with van der Waals surface area (Å²) in [5.74, 6) is -0.195. The van der Waals surface area contributed by atoms with Crippen molar-refractivity contribution in [2.45, 2.75) is 20.3 Å². The van der Waals surface area contributed by atoms with Crippen LogP contribution in [0, 0.1) is 6.92 Å². The second-order valence-electron chi connectivity index (χ2n) is 5.54. The smallest absolute Gasteiger partial charge is 0.256 e. The quantitative estimate of drug-likeness (QED) is 0.655. The maximum Gasteiger partial charge on any atom is 0.256 e. The third kappa shape index (κ3) is 3.23. The van der Waals surface area contributed by atoms with Crippen LogP contribution in [0.15, 0.2) is 42.5 Å². The van der Waals surface area contributed by atoms with Crippen LogP contribution >= 0.6 is 23.2 Å². The lowest BCUT2D eigenvalue weighted by Crippen LogP contribution is -2.16. The number of amides is 1. The van der Waals surface area contributed by atoms with Gasteiger partial charge in [0.25, 0.3) is 5.91 Å². The van der Waals surface area contributed by atoms with Gasteiger partial charge in [-0.3, -0.25) is 9.78 Å². The molecule has 0 saturated heterocycles. The van der Waals surface area contributed by atoms with Crippen LogP contribution in [-0.4, -0.2) is 10.9 Å². The Morgan fingerprint density at radius 1 is 1.12 bits per heavy atom. The van der Waals surface area contributed by atoms with Gasteiger partial charge >= 0.3 is 0 Å². The molecule has 3 nitrogen and oxygen atoms in total. The van der Waals surface area contributed by atoms with Gasteiger partial charge in [0.15, 0.2) is 0 Å². The molecular weight excluding hydrogens is 343 g/mol. The van der Waals surface area contributed by atoms with Gasteiger partial charge in [0, 0.05) is 26.8 Å². The highest BCUT2D eigenvalue weighted by Gasteiger charge is 2.17. The summed E-state index contributed by atoms with van der Waals surface area (Å²) in [6.45, 7) is 3.96. The zero-order valence-electron chi connectivity index (χ0n) is 13.4. The molecule has 1 heterocycles. The predicted molar refractivity (Wildman–Crippen MR) is 100 cm³/mol. The minimum absolute atomic E-state index is 0.195. The Labute approximate surface area is 150 Å². The highest BCUT2D eigenvalue weighted by atomic mass is 35.5. The molecule has 122 valence electrons. The first kappa shape index (κ1) is 16.7. The zero-order chi connectivity index (χ0) is 17.3. The summed E-state index contributed by atoms with van der Waals surface area (Å²) in [6.07, 6.45) is 0.764. The number of rotatable bonds is 3. The van der Waals surface area contributed by atoms with Crippen LogP contribution in [0.2, 0.25) is 10.0 Å². The second kappa shape index (κ2) is 6.80. The van der Waals surface area contributed by atoms with Crippen LogP contribution < -0.4 is 5.32 Å². The van der Waals surface area contributed by atoms with E-state index in [1.165, 1.54) is 0 Å². The van der Waals surface area contributed by atoms with Gasteiger partial charge in [0.05, 0.1) is 11.1 Å². The molecule has 0 aliphatic carbocycles. The average molecular weight is 359 g/mol. The molecule has 5 heteroatoms. The lowest BCUT2D eigenvalue weighted by atomic mass is 9.99. The first-order chi connectivity index (χ1) is 11.5. The lowest BCUT2D eigenvalue weighted by molar-refractivity contribution is 0.102. The van der Waals surface area contributed by atoms with Crippen molar-refractivity contribution in [2.24, 2.45) is 0 Å². The van der Waals surface area contributed by atoms with Gasteiger partial charge in [-0.25, -0.2) is 0 Å². The van der Waals surface area contributed by atoms with Crippen molar-refractivity contribution in [1.29, 1.82) is 0 Å². The van der Waals surface area contributed by atoms with E-state index in [1.54, 1.807) is 18.2 Å². The SMILES string of the molecule is CCc1nc2ccccc2c(C(=O)Nc2cc(Cl)cc(Cl)c2)c1C. The first-order valence-corrected chi connectivity index (χ1v) is 8.41. The van der Waals surface area contributed by atoms with E-state index in [9.17, 15) is 4.79 Å². The van der Waals surface area contributed by atoms with Crippen LogP contribution in [0.3, 0.4) is 0 Å². The molecule has 1 aromatic heterocycles. The molecule has 0 bridgehead atoms. The minimum Gasteiger partial charge on any atom is -0.322 e. The van der Waals surface area contributed by atoms with E-state index in [0.29, 0.717) is 21.3 Å². The number of carbonyl (C=O) groups excluding carboxylic acids is 1. The van der Waals surface area contributed by atoms with Crippen LogP contribution in [-0.2, 0) is 6.42 Å². The number of pyridine rings is 1. The Kier molecular flexibility index (Phi) is 4.74. The molecule has 3 aromatic rings. The van der Waals surface area contributed by atoms with Gasteiger partial charge in [-0.15, -0.1) is 0 Å². The lowest BCUT2D eigenvalue weighted by Gasteiger charge is -2.14.